The molecule has 0 amide bonds. The van der Waals surface area contributed by atoms with Crippen LogP contribution in [0.5, 0.6) is 0 Å². The maximum absolute atomic E-state index is 14.3. The van der Waals surface area contributed by atoms with Crippen molar-refractivity contribution in [3.63, 3.8) is 0 Å². The van der Waals surface area contributed by atoms with Crippen LogP contribution in [-0.2, 0) is 6.54 Å². The number of nitrogens with zero attached hydrogens (tertiary/aromatic N) is 2. The normalized spacial score (nSPS) is 11.3. The minimum atomic E-state index is -0.207. The van der Waals surface area contributed by atoms with E-state index in [4.69, 9.17) is 4.98 Å². The van der Waals surface area contributed by atoms with E-state index in [1.54, 1.807) is 6.07 Å². The van der Waals surface area contributed by atoms with Gasteiger partial charge in [-0.2, -0.15) is 0 Å². The number of aromatic nitrogens is 2. The largest absolute Gasteiger partial charge is 0.324 e. The van der Waals surface area contributed by atoms with Crippen molar-refractivity contribution in [2.75, 3.05) is 0 Å². The molecule has 0 fully saturated rings. The number of benzene rings is 2. The molecular formula is C24H31FN2. The quantitative estimate of drug-likeness (QED) is 0.324. The molecule has 0 atom stereocenters. The smallest absolute Gasteiger partial charge is 0.144 e. The highest BCUT2D eigenvalue weighted by Crippen LogP contribution is 2.27. The molecule has 0 saturated carbocycles. The first-order chi connectivity index (χ1) is 13.3. The highest BCUT2D eigenvalue weighted by Gasteiger charge is 2.14. The topological polar surface area (TPSA) is 17.8 Å². The predicted molar refractivity (Wildman–Crippen MR) is 112 cm³/mol. The summed E-state index contributed by atoms with van der Waals surface area (Å²) in [7, 11) is 0. The molecule has 3 heteroatoms. The molecule has 0 bridgehead atoms. The van der Waals surface area contributed by atoms with Gasteiger partial charge in [-0.05, 0) is 30.7 Å². The van der Waals surface area contributed by atoms with E-state index in [2.05, 4.69) is 17.6 Å². The summed E-state index contributed by atoms with van der Waals surface area (Å²) in [5.74, 6) is 0.537. The lowest BCUT2D eigenvalue weighted by Gasteiger charge is -2.10. The summed E-state index contributed by atoms with van der Waals surface area (Å²) < 4.78 is 16.5. The zero-order valence-electron chi connectivity index (χ0n) is 16.5. The lowest BCUT2D eigenvalue weighted by Crippen LogP contribution is -2.02. The van der Waals surface area contributed by atoms with Crippen molar-refractivity contribution in [1.29, 1.82) is 0 Å². The molecule has 0 unspecified atom stereocenters. The van der Waals surface area contributed by atoms with Gasteiger partial charge in [0.1, 0.15) is 11.6 Å². The predicted octanol–water partition coefficient (Wildman–Crippen LogP) is 7.37. The van der Waals surface area contributed by atoms with Gasteiger partial charge in [0, 0.05) is 6.54 Å². The number of imidazole rings is 1. The first-order valence-electron chi connectivity index (χ1n) is 10.5. The van der Waals surface area contributed by atoms with Crippen LogP contribution in [0.3, 0.4) is 0 Å². The Morgan fingerprint density at radius 1 is 0.778 bits per heavy atom. The molecule has 2 nitrogen and oxygen atoms in total. The lowest BCUT2D eigenvalue weighted by molar-refractivity contribution is 0.543. The molecule has 1 aromatic heterocycles. The number of fused-ring (bicyclic) bond motifs is 1. The number of hydrogen-bond acceptors (Lipinski definition) is 1. The van der Waals surface area contributed by atoms with Gasteiger partial charge in [-0.15, -0.1) is 0 Å². The van der Waals surface area contributed by atoms with E-state index in [0.717, 1.165) is 29.8 Å². The molecule has 0 saturated heterocycles. The first kappa shape index (κ1) is 19.6. The van der Waals surface area contributed by atoms with Gasteiger partial charge in [-0.25, -0.2) is 9.37 Å². The van der Waals surface area contributed by atoms with E-state index in [0.29, 0.717) is 5.56 Å². The molecule has 3 rings (SSSR count). The van der Waals surface area contributed by atoms with Crippen LogP contribution in [0.4, 0.5) is 4.39 Å². The maximum atomic E-state index is 14.3. The third kappa shape index (κ3) is 5.18. The third-order valence-electron chi connectivity index (χ3n) is 5.25. The van der Waals surface area contributed by atoms with Gasteiger partial charge in [-0.1, -0.05) is 82.6 Å². The second kappa shape index (κ2) is 10.2. The molecule has 0 aliphatic carbocycles. The van der Waals surface area contributed by atoms with Crippen LogP contribution < -0.4 is 0 Å². The third-order valence-corrected chi connectivity index (χ3v) is 5.25. The molecule has 2 aromatic carbocycles. The fourth-order valence-electron chi connectivity index (χ4n) is 3.73. The zero-order valence-corrected chi connectivity index (χ0v) is 16.5. The van der Waals surface area contributed by atoms with Gasteiger partial charge >= 0.3 is 0 Å². The Labute approximate surface area is 162 Å². The van der Waals surface area contributed by atoms with E-state index in [-0.39, 0.29) is 5.82 Å². The Morgan fingerprint density at radius 2 is 1.41 bits per heavy atom. The van der Waals surface area contributed by atoms with Gasteiger partial charge in [0.2, 0.25) is 0 Å². The Balaban J connectivity index is 1.62. The molecule has 0 aliphatic heterocycles. The summed E-state index contributed by atoms with van der Waals surface area (Å²) in [6.07, 6.45) is 11.7. The number of aryl methyl sites for hydroxylation is 1. The average Bonchev–Trinajstić information content (AvgIpc) is 3.05. The van der Waals surface area contributed by atoms with Gasteiger partial charge in [0.05, 0.1) is 16.6 Å². The maximum Gasteiger partial charge on any atom is 0.144 e. The molecule has 3 aromatic rings. The monoisotopic (exact) mass is 366 g/mol. The van der Waals surface area contributed by atoms with E-state index in [9.17, 15) is 4.39 Å². The minimum Gasteiger partial charge on any atom is -0.324 e. The first-order valence-corrected chi connectivity index (χ1v) is 10.5. The lowest BCUT2D eigenvalue weighted by atomic mass is 10.1. The molecular weight excluding hydrogens is 335 g/mol. The van der Waals surface area contributed by atoms with Gasteiger partial charge in [0.15, 0.2) is 0 Å². The van der Waals surface area contributed by atoms with Gasteiger partial charge < -0.3 is 4.57 Å². The molecule has 144 valence electrons. The van der Waals surface area contributed by atoms with Gasteiger partial charge in [-0.3, -0.25) is 0 Å². The van der Waals surface area contributed by atoms with E-state index in [1.807, 2.05) is 30.3 Å². The van der Waals surface area contributed by atoms with Crippen molar-refractivity contribution >= 4 is 11.0 Å². The summed E-state index contributed by atoms with van der Waals surface area (Å²) in [6, 6.07) is 15.0. The summed E-state index contributed by atoms with van der Waals surface area (Å²) >= 11 is 0. The number of hydrogen-bond donors (Lipinski definition) is 0. The van der Waals surface area contributed by atoms with Crippen molar-refractivity contribution in [2.24, 2.45) is 0 Å². The van der Waals surface area contributed by atoms with Crippen LogP contribution in [0.1, 0.15) is 64.7 Å². The zero-order chi connectivity index (χ0) is 18.9. The standard InChI is InChI=1S/C24H31FN2/c1-2-3-4-5-6-7-8-9-14-19-27-23-18-13-12-17-22(23)26-24(27)20-15-10-11-16-21(20)25/h10-13,15-18H,2-9,14,19H2,1H3. The van der Waals surface area contributed by atoms with E-state index < -0.39 is 0 Å². The highest BCUT2D eigenvalue weighted by atomic mass is 19.1. The summed E-state index contributed by atoms with van der Waals surface area (Å²) in [5.41, 5.74) is 2.62. The van der Waals surface area contributed by atoms with Crippen molar-refractivity contribution in [3.05, 3.63) is 54.3 Å². The SMILES string of the molecule is CCCCCCCCCCCn1c(-c2ccccc2F)nc2ccccc21. The van der Waals surface area contributed by atoms with Crippen LogP contribution in [0.25, 0.3) is 22.4 Å². The molecule has 0 aliphatic rings. The summed E-state index contributed by atoms with van der Waals surface area (Å²) in [4.78, 5) is 4.72. The Morgan fingerprint density at radius 3 is 2.15 bits per heavy atom. The van der Waals surface area contributed by atoms with Crippen molar-refractivity contribution in [2.45, 2.75) is 71.3 Å². The number of halogens is 1. The second-order valence-electron chi connectivity index (χ2n) is 7.38. The number of para-hydroxylation sites is 2. The Bertz CT molecular complexity index is 837. The van der Waals surface area contributed by atoms with Crippen LogP contribution in [0.15, 0.2) is 48.5 Å². The molecule has 0 spiro atoms. The van der Waals surface area contributed by atoms with Gasteiger partial charge in [0.25, 0.3) is 0 Å². The fraction of sp³-hybridized carbons (Fsp3) is 0.458. The molecule has 1 heterocycles. The van der Waals surface area contributed by atoms with Crippen molar-refractivity contribution in [1.82, 2.24) is 9.55 Å². The summed E-state index contributed by atoms with van der Waals surface area (Å²) in [5, 5.41) is 0. The van der Waals surface area contributed by atoms with Crippen LogP contribution in [0.2, 0.25) is 0 Å². The minimum absolute atomic E-state index is 0.207. The van der Waals surface area contributed by atoms with Crippen LogP contribution >= 0.6 is 0 Å². The average molecular weight is 367 g/mol. The molecule has 27 heavy (non-hydrogen) atoms. The van der Waals surface area contributed by atoms with Crippen molar-refractivity contribution in [3.8, 4) is 11.4 Å². The number of rotatable bonds is 11. The highest BCUT2D eigenvalue weighted by molar-refractivity contribution is 5.80. The molecule has 0 radical (unpaired) electrons. The Hall–Kier alpha value is -2.16. The van der Waals surface area contributed by atoms with E-state index in [1.165, 1.54) is 57.4 Å². The molecule has 0 N–H and O–H groups in total. The van der Waals surface area contributed by atoms with E-state index >= 15 is 0 Å². The fourth-order valence-corrected chi connectivity index (χ4v) is 3.73. The van der Waals surface area contributed by atoms with Crippen LogP contribution in [-0.4, -0.2) is 9.55 Å². The Kier molecular flexibility index (Phi) is 7.44. The van der Waals surface area contributed by atoms with Crippen molar-refractivity contribution < 1.29 is 4.39 Å². The van der Waals surface area contributed by atoms with Crippen LogP contribution in [0, 0.1) is 5.82 Å². The summed E-state index contributed by atoms with van der Waals surface area (Å²) in [6.45, 7) is 3.15. The number of unbranched alkanes of at least 4 members (excludes halogenated alkanes) is 8. The second-order valence-corrected chi connectivity index (χ2v) is 7.38.